The van der Waals surface area contributed by atoms with Gasteiger partial charge in [-0.3, -0.25) is 0 Å². The molecule has 3 aromatic rings. The Labute approximate surface area is 152 Å². The van der Waals surface area contributed by atoms with Crippen LogP contribution in [0.2, 0.25) is 0 Å². The lowest BCUT2D eigenvalue weighted by atomic mass is 10.3. The van der Waals surface area contributed by atoms with Crippen LogP contribution in [0.25, 0.3) is 11.2 Å². The fraction of sp³-hybridized carbons (Fsp3) is 0.389. The molecule has 0 radical (unpaired) electrons. The van der Waals surface area contributed by atoms with Crippen molar-refractivity contribution in [2.75, 3.05) is 26.6 Å². The zero-order valence-corrected chi connectivity index (χ0v) is 15.4. The first-order valence-electron chi connectivity index (χ1n) is 8.46. The molecule has 0 atom stereocenters. The molecule has 138 valence electrons. The first kappa shape index (κ1) is 17.8. The van der Waals surface area contributed by atoms with E-state index >= 15 is 0 Å². The predicted molar refractivity (Wildman–Crippen MR) is 99.6 cm³/mol. The number of nitrogens with zero attached hydrogens (tertiary/aromatic N) is 4. The molecule has 0 fully saturated rings. The first-order chi connectivity index (χ1) is 12.7. The number of rotatable bonds is 8. The molecule has 3 rings (SSSR count). The molecular weight excluding hydrogens is 334 g/mol. The van der Waals surface area contributed by atoms with Gasteiger partial charge in [0.1, 0.15) is 0 Å². The van der Waals surface area contributed by atoms with Gasteiger partial charge >= 0.3 is 0 Å². The largest absolute Gasteiger partial charge is 0.493 e. The van der Waals surface area contributed by atoms with Crippen LogP contribution in [0, 0.1) is 0 Å². The molecule has 0 spiro atoms. The van der Waals surface area contributed by atoms with Gasteiger partial charge in [-0.05, 0) is 18.6 Å². The van der Waals surface area contributed by atoms with Crippen LogP contribution in [0.3, 0.4) is 0 Å². The van der Waals surface area contributed by atoms with Crippen molar-refractivity contribution in [3.05, 3.63) is 24.5 Å². The molecule has 0 amide bonds. The second kappa shape index (κ2) is 7.90. The van der Waals surface area contributed by atoms with Crippen LogP contribution in [0.4, 0.5) is 11.6 Å². The minimum Gasteiger partial charge on any atom is -0.493 e. The van der Waals surface area contributed by atoms with Crippen LogP contribution in [-0.4, -0.2) is 40.8 Å². The summed E-state index contributed by atoms with van der Waals surface area (Å²) in [5.41, 5.74) is 2.18. The number of unbranched alkanes of at least 4 members (excludes halogenated alkanes) is 1. The van der Waals surface area contributed by atoms with Gasteiger partial charge in [-0.25, -0.2) is 4.98 Å². The third-order valence-electron chi connectivity index (χ3n) is 4.02. The van der Waals surface area contributed by atoms with Crippen LogP contribution in [-0.2, 0) is 6.54 Å². The quantitative estimate of drug-likeness (QED) is 0.661. The molecular formula is C18H23N5O3. The third kappa shape index (κ3) is 3.49. The highest BCUT2D eigenvalue weighted by atomic mass is 16.5. The second-order valence-electron chi connectivity index (χ2n) is 5.71. The average Bonchev–Trinajstić information content (AvgIpc) is 3.08. The third-order valence-corrected chi connectivity index (χ3v) is 4.02. The summed E-state index contributed by atoms with van der Waals surface area (Å²) in [7, 11) is 4.77. The Morgan fingerprint density at radius 2 is 1.85 bits per heavy atom. The zero-order chi connectivity index (χ0) is 18.5. The van der Waals surface area contributed by atoms with Crippen molar-refractivity contribution in [2.45, 2.75) is 26.3 Å². The molecule has 8 nitrogen and oxygen atoms in total. The molecule has 2 heterocycles. The lowest BCUT2D eigenvalue weighted by Crippen LogP contribution is -2.03. The van der Waals surface area contributed by atoms with Gasteiger partial charge < -0.3 is 24.1 Å². The Morgan fingerprint density at radius 1 is 1.04 bits per heavy atom. The van der Waals surface area contributed by atoms with Gasteiger partial charge in [0, 0.05) is 18.3 Å². The van der Waals surface area contributed by atoms with E-state index < -0.39 is 0 Å². The first-order valence-corrected chi connectivity index (χ1v) is 8.46. The molecule has 8 heteroatoms. The number of fused-ring (bicyclic) bond motifs is 1. The summed E-state index contributed by atoms with van der Waals surface area (Å²) in [6, 6.07) is 5.52. The van der Waals surface area contributed by atoms with Crippen LogP contribution < -0.4 is 19.5 Å². The van der Waals surface area contributed by atoms with E-state index in [0.717, 1.165) is 30.7 Å². The fourth-order valence-corrected chi connectivity index (χ4v) is 2.65. The zero-order valence-electron chi connectivity index (χ0n) is 15.4. The molecule has 0 saturated heterocycles. The number of aromatic nitrogens is 4. The van der Waals surface area contributed by atoms with Gasteiger partial charge in [0.15, 0.2) is 22.7 Å². The molecule has 0 unspecified atom stereocenters. The van der Waals surface area contributed by atoms with Crippen molar-refractivity contribution >= 4 is 22.8 Å². The minimum atomic E-state index is 0.430. The molecule has 26 heavy (non-hydrogen) atoms. The smallest absolute Gasteiger partial charge is 0.246 e. The predicted octanol–water partition coefficient (Wildman–Crippen LogP) is 3.40. The lowest BCUT2D eigenvalue weighted by molar-refractivity contribution is 0.355. The molecule has 1 aromatic carbocycles. The number of imidazole rings is 1. The molecule has 1 N–H and O–H groups in total. The van der Waals surface area contributed by atoms with E-state index in [9.17, 15) is 0 Å². The van der Waals surface area contributed by atoms with E-state index in [2.05, 4.69) is 27.2 Å². The highest BCUT2D eigenvalue weighted by Crippen LogP contribution is 2.31. The van der Waals surface area contributed by atoms with Gasteiger partial charge in [0.25, 0.3) is 0 Å². The van der Waals surface area contributed by atoms with Crippen molar-refractivity contribution in [1.82, 2.24) is 19.5 Å². The second-order valence-corrected chi connectivity index (χ2v) is 5.71. The van der Waals surface area contributed by atoms with Gasteiger partial charge in [-0.15, -0.1) is 0 Å². The number of anilines is 2. The fourth-order valence-electron chi connectivity index (χ4n) is 2.65. The standard InChI is InChI=1S/C18H23N5O3/c1-5-6-9-23-11-19-15-16(23)21-18(22-17(15)26-4)20-12-7-8-13(24-2)14(10-12)25-3/h7-8,10-11H,5-6,9H2,1-4H3,(H,20,21,22). The van der Waals surface area contributed by atoms with Crippen LogP contribution >= 0.6 is 0 Å². The van der Waals surface area contributed by atoms with Gasteiger partial charge in [-0.2, -0.15) is 9.97 Å². The Hall–Kier alpha value is -3.03. The van der Waals surface area contributed by atoms with E-state index in [1.165, 1.54) is 0 Å². The lowest BCUT2D eigenvalue weighted by Gasteiger charge is -2.11. The number of methoxy groups -OCH3 is 3. The monoisotopic (exact) mass is 357 g/mol. The molecule has 0 aliphatic rings. The summed E-state index contributed by atoms with van der Waals surface area (Å²) >= 11 is 0. The van der Waals surface area contributed by atoms with Gasteiger partial charge in [0.05, 0.1) is 27.7 Å². The van der Waals surface area contributed by atoms with E-state index in [0.29, 0.717) is 28.8 Å². The van der Waals surface area contributed by atoms with Crippen molar-refractivity contribution < 1.29 is 14.2 Å². The van der Waals surface area contributed by atoms with E-state index in [1.807, 2.05) is 22.8 Å². The summed E-state index contributed by atoms with van der Waals surface area (Å²) < 4.78 is 18.0. The molecule has 0 aliphatic carbocycles. The Bertz CT molecular complexity index is 894. The number of ether oxygens (including phenoxy) is 3. The average molecular weight is 357 g/mol. The van der Waals surface area contributed by atoms with E-state index in [-0.39, 0.29) is 0 Å². The number of aryl methyl sites for hydroxylation is 1. The maximum absolute atomic E-state index is 5.39. The highest BCUT2D eigenvalue weighted by Gasteiger charge is 2.14. The molecule has 2 aromatic heterocycles. The summed E-state index contributed by atoms with van der Waals surface area (Å²) in [4.78, 5) is 13.4. The number of nitrogens with one attached hydrogen (secondary N) is 1. The summed E-state index contributed by atoms with van der Waals surface area (Å²) in [6.45, 7) is 3.00. The highest BCUT2D eigenvalue weighted by molar-refractivity contribution is 5.78. The van der Waals surface area contributed by atoms with E-state index in [4.69, 9.17) is 14.2 Å². The molecule has 0 bridgehead atoms. The maximum atomic E-state index is 5.39. The van der Waals surface area contributed by atoms with Crippen molar-refractivity contribution in [1.29, 1.82) is 0 Å². The van der Waals surface area contributed by atoms with Gasteiger partial charge in [0.2, 0.25) is 11.8 Å². The Kier molecular flexibility index (Phi) is 5.40. The van der Waals surface area contributed by atoms with Gasteiger partial charge in [-0.1, -0.05) is 13.3 Å². The number of benzene rings is 1. The Balaban J connectivity index is 1.96. The van der Waals surface area contributed by atoms with E-state index in [1.54, 1.807) is 27.7 Å². The maximum Gasteiger partial charge on any atom is 0.246 e. The minimum absolute atomic E-state index is 0.430. The van der Waals surface area contributed by atoms with Crippen LogP contribution in [0.5, 0.6) is 17.4 Å². The summed E-state index contributed by atoms with van der Waals surface area (Å²) in [6.07, 6.45) is 3.92. The van der Waals surface area contributed by atoms with Crippen LogP contribution in [0.1, 0.15) is 19.8 Å². The van der Waals surface area contributed by atoms with Crippen molar-refractivity contribution in [3.8, 4) is 17.4 Å². The molecule has 0 aliphatic heterocycles. The number of hydrogen-bond donors (Lipinski definition) is 1. The SMILES string of the molecule is CCCCn1cnc2c(OC)nc(Nc3ccc(OC)c(OC)c3)nc21. The summed E-state index contributed by atoms with van der Waals surface area (Å²) in [5, 5.41) is 3.19. The van der Waals surface area contributed by atoms with Crippen molar-refractivity contribution in [2.24, 2.45) is 0 Å². The van der Waals surface area contributed by atoms with Crippen molar-refractivity contribution in [3.63, 3.8) is 0 Å². The number of hydrogen-bond acceptors (Lipinski definition) is 7. The van der Waals surface area contributed by atoms with Crippen LogP contribution in [0.15, 0.2) is 24.5 Å². The Morgan fingerprint density at radius 3 is 2.54 bits per heavy atom. The normalized spacial score (nSPS) is 10.8. The summed E-state index contributed by atoms with van der Waals surface area (Å²) in [5.74, 6) is 2.15. The molecule has 0 saturated carbocycles. The topological polar surface area (TPSA) is 83.3 Å².